The third-order valence-corrected chi connectivity index (χ3v) is 4.76. The van der Waals surface area contributed by atoms with Crippen LogP contribution in [0.25, 0.3) is 0 Å². The molecule has 1 N–H and O–H groups in total. The molecule has 0 bridgehead atoms. The largest absolute Gasteiger partial charge is 0.480 e. The molecule has 0 aliphatic heterocycles. The van der Waals surface area contributed by atoms with E-state index in [1.54, 1.807) is 18.4 Å². The molecule has 0 spiro atoms. The van der Waals surface area contributed by atoms with Crippen LogP contribution in [0, 0.1) is 0 Å². The SMILES string of the molecule is COc1nc(N(C)C)sc1CNCc1ccccc1Br. The molecule has 6 heteroatoms. The van der Waals surface area contributed by atoms with Crippen molar-refractivity contribution in [3.63, 3.8) is 0 Å². The third-order valence-electron chi connectivity index (χ3n) is 2.78. The van der Waals surface area contributed by atoms with Crippen LogP contribution in [0.4, 0.5) is 5.13 Å². The van der Waals surface area contributed by atoms with E-state index in [1.807, 2.05) is 31.1 Å². The monoisotopic (exact) mass is 355 g/mol. The molecule has 20 heavy (non-hydrogen) atoms. The first-order valence-electron chi connectivity index (χ1n) is 6.27. The summed E-state index contributed by atoms with van der Waals surface area (Å²) in [6.45, 7) is 1.55. The number of methoxy groups -OCH3 is 1. The zero-order valence-corrected chi connectivity index (χ0v) is 14.2. The minimum atomic E-state index is 0.707. The first-order valence-corrected chi connectivity index (χ1v) is 7.88. The van der Waals surface area contributed by atoms with Gasteiger partial charge in [-0.15, -0.1) is 0 Å². The third kappa shape index (κ3) is 3.71. The first-order chi connectivity index (χ1) is 9.61. The molecule has 0 saturated carbocycles. The van der Waals surface area contributed by atoms with Gasteiger partial charge >= 0.3 is 0 Å². The Labute approximate surface area is 131 Å². The number of ether oxygens (including phenoxy) is 1. The predicted molar refractivity (Wildman–Crippen MR) is 87.7 cm³/mol. The van der Waals surface area contributed by atoms with Crippen molar-refractivity contribution >= 4 is 32.4 Å². The number of nitrogens with one attached hydrogen (secondary N) is 1. The van der Waals surface area contributed by atoms with E-state index in [9.17, 15) is 0 Å². The number of rotatable bonds is 6. The lowest BCUT2D eigenvalue weighted by molar-refractivity contribution is 0.394. The van der Waals surface area contributed by atoms with Crippen LogP contribution in [-0.2, 0) is 13.1 Å². The van der Waals surface area contributed by atoms with Crippen molar-refractivity contribution in [2.24, 2.45) is 0 Å². The molecule has 1 heterocycles. The Morgan fingerprint density at radius 1 is 1.30 bits per heavy atom. The molecule has 2 rings (SSSR count). The number of halogens is 1. The highest BCUT2D eigenvalue weighted by atomic mass is 79.9. The van der Waals surface area contributed by atoms with Gasteiger partial charge in [0.05, 0.1) is 12.0 Å². The molecule has 0 radical (unpaired) electrons. The van der Waals surface area contributed by atoms with Crippen LogP contribution in [0.1, 0.15) is 10.4 Å². The Bertz CT molecular complexity index is 571. The van der Waals surface area contributed by atoms with Gasteiger partial charge in [0.25, 0.3) is 0 Å². The molecule has 1 aromatic carbocycles. The average Bonchev–Trinajstić information content (AvgIpc) is 2.84. The van der Waals surface area contributed by atoms with Crippen molar-refractivity contribution < 1.29 is 4.74 Å². The van der Waals surface area contributed by atoms with Gasteiger partial charge < -0.3 is 15.0 Å². The fraction of sp³-hybridized carbons (Fsp3) is 0.357. The minimum Gasteiger partial charge on any atom is -0.480 e. The van der Waals surface area contributed by atoms with E-state index in [1.165, 1.54) is 5.56 Å². The van der Waals surface area contributed by atoms with Crippen LogP contribution in [0.15, 0.2) is 28.7 Å². The van der Waals surface area contributed by atoms with Crippen molar-refractivity contribution in [1.29, 1.82) is 0 Å². The molecule has 0 aliphatic carbocycles. The maximum atomic E-state index is 5.33. The quantitative estimate of drug-likeness (QED) is 0.862. The molecule has 2 aromatic rings. The van der Waals surface area contributed by atoms with Crippen LogP contribution in [0.3, 0.4) is 0 Å². The Kier molecular flexibility index (Phi) is 5.39. The summed E-state index contributed by atoms with van der Waals surface area (Å²) in [5.74, 6) is 0.707. The summed E-state index contributed by atoms with van der Waals surface area (Å²) in [7, 11) is 5.62. The number of anilines is 1. The number of hydrogen-bond acceptors (Lipinski definition) is 5. The van der Waals surface area contributed by atoms with Gasteiger partial charge in [0.15, 0.2) is 5.13 Å². The second kappa shape index (κ2) is 7.06. The lowest BCUT2D eigenvalue weighted by atomic mass is 10.2. The van der Waals surface area contributed by atoms with Crippen molar-refractivity contribution in [1.82, 2.24) is 10.3 Å². The summed E-state index contributed by atoms with van der Waals surface area (Å²) in [5, 5.41) is 4.39. The highest BCUT2D eigenvalue weighted by Gasteiger charge is 2.12. The van der Waals surface area contributed by atoms with E-state index in [-0.39, 0.29) is 0 Å². The second-order valence-corrected chi connectivity index (χ2v) is 6.43. The number of aromatic nitrogens is 1. The lowest BCUT2D eigenvalue weighted by Gasteiger charge is -2.06. The van der Waals surface area contributed by atoms with Crippen molar-refractivity contribution in [3.8, 4) is 5.88 Å². The fourth-order valence-electron chi connectivity index (χ4n) is 1.74. The molecule has 4 nitrogen and oxygen atoms in total. The van der Waals surface area contributed by atoms with Gasteiger partial charge in [-0.05, 0) is 11.6 Å². The lowest BCUT2D eigenvalue weighted by Crippen LogP contribution is -2.12. The van der Waals surface area contributed by atoms with Crippen molar-refractivity contribution in [3.05, 3.63) is 39.2 Å². The van der Waals surface area contributed by atoms with Crippen LogP contribution in [0.5, 0.6) is 5.88 Å². The van der Waals surface area contributed by atoms with Gasteiger partial charge in [0, 0.05) is 31.7 Å². The number of hydrogen-bond donors (Lipinski definition) is 1. The van der Waals surface area contributed by atoms with Crippen LogP contribution < -0.4 is 15.0 Å². The van der Waals surface area contributed by atoms with Gasteiger partial charge in [-0.2, -0.15) is 4.98 Å². The van der Waals surface area contributed by atoms with Crippen LogP contribution >= 0.6 is 27.3 Å². The van der Waals surface area contributed by atoms with Gasteiger partial charge in [0.1, 0.15) is 0 Å². The molecule has 0 aliphatic rings. The molecule has 108 valence electrons. The van der Waals surface area contributed by atoms with Gasteiger partial charge in [-0.1, -0.05) is 45.5 Å². The summed E-state index contributed by atoms with van der Waals surface area (Å²) >= 11 is 5.20. The number of thiazole rings is 1. The summed E-state index contributed by atoms with van der Waals surface area (Å²) in [5.41, 5.74) is 1.24. The normalized spacial score (nSPS) is 10.6. The smallest absolute Gasteiger partial charge is 0.230 e. The summed E-state index contributed by atoms with van der Waals surface area (Å²) < 4.78 is 6.45. The molecule has 0 fully saturated rings. The van der Waals surface area contributed by atoms with Crippen LogP contribution in [-0.4, -0.2) is 26.2 Å². The molecule has 0 saturated heterocycles. The van der Waals surface area contributed by atoms with Crippen molar-refractivity contribution in [2.45, 2.75) is 13.1 Å². The zero-order chi connectivity index (χ0) is 14.5. The second-order valence-electron chi connectivity index (χ2n) is 4.52. The number of nitrogens with zero attached hydrogens (tertiary/aromatic N) is 2. The maximum Gasteiger partial charge on any atom is 0.230 e. The highest BCUT2D eigenvalue weighted by molar-refractivity contribution is 9.10. The Hall–Kier alpha value is -1.11. The Balaban J connectivity index is 1.99. The minimum absolute atomic E-state index is 0.707. The molecular formula is C14H18BrN3OS. The topological polar surface area (TPSA) is 37.4 Å². The standard InChI is InChI=1S/C14H18BrN3OS/c1-18(2)14-17-13(19-3)12(20-14)9-16-8-10-6-4-5-7-11(10)15/h4-7,16H,8-9H2,1-3H3. The first kappa shape index (κ1) is 15.3. The van der Waals surface area contributed by atoms with Crippen molar-refractivity contribution in [2.75, 3.05) is 26.1 Å². The molecule has 0 unspecified atom stereocenters. The summed E-state index contributed by atoms with van der Waals surface area (Å²) in [4.78, 5) is 7.55. The zero-order valence-electron chi connectivity index (χ0n) is 11.8. The summed E-state index contributed by atoms with van der Waals surface area (Å²) in [6, 6.07) is 8.21. The summed E-state index contributed by atoms with van der Waals surface area (Å²) in [6.07, 6.45) is 0. The Morgan fingerprint density at radius 3 is 2.70 bits per heavy atom. The molecular weight excluding hydrogens is 338 g/mol. The predicted octanol–water partition coefficient (Wildman–Crippen LogP) is 3.27. The average molecular weight is 356 g/mol. The fourth-order valence-corrected chi connectivity index (χ4v) is 3.09. The van der Waals surface area contributed by atoms with E-state index in [2.05, 4.69) is 38.4 Å². The number of benzene rings is 1. The molecule has 1 aromatic heterocycles. The maximum absolute atomic E-state index is 5.33. The highest BCUT2D eigenvalue weighted by Crippen LogP contribution is 2.30. The van der Waals surface area contributed by atoms with E-state index in [0.717, 1.165) is 27.6 Å². The van der Waals surface area contributed by atoms with Gasteiger partial charge in [0.2, 0.25) is 5.88 Å². The van der Waals surface area contributed by atoms with Gasteiger partial charge in [-0.3, -0.25) is 0 Å². The molecule has 0 atom stereocenters. The van der Waals surface area contributed by atoms with E-state index >= 15 is 0 Å². The van der Waals surface area contributed by atoms with E-state index in [4.69, 9.17) is 4.74 Å². The van der Waals surface area contributed by atoms with E-state index in [0.29, 0.717) is 5.88 Å². The Morgan fingerprint density at radius 2 is 2.05 bits per heavy atom. The van der Waals surface area contributed by atoms with Gasteiger partial charge in [-0.25, -0.2) is 0 Å². The van der Waals surface area contributed by atoms with E-state index < -0.39 is 0 Å². The molecule has 0 amide bonds. The van der Waals surface area contributed by atoms with Crippen LogP contribution in [0.2, 0.25) is 0 Å².